The summed E-state index contributed by atoms with van der Waals surface area (Å²) in [5, 5.41) is 6.22. The van der Waals surface area contributed by atoms with Gasteiger partial charge in [0.2, 0.25) is 5.91 Å². The molecule has 1 fully saturated rings. The first-order valence-electron chi connectivity index (χ1n) is 9.48. The van der Waals surface area contributed by atoms with Crippen molar-refractivity contribution in [2.24, 2.45) is 5.92 Å². The largest absolute Gasteiger partial charge is 0.376 e. The van der Waals surface area contributed by atoms with Crippen LogP contribution in [-0.2, 0) is 4.79 Å². The molecule has 0 unspecified atom stereocenters. The maximum atomic E-state index is 12.3. The van der Waals surface area contributed by atoms with Gasteiger partial charge in [0.1, 0.15) is 0 Å². The number of piperidine rings is 1. The molecule has 1 saturated heterocycles. The van der Waals surface area contributed by atoms with Crippen LogP contribution in [0, 0.1) is 19.8 Å². The SMILES string of the molecule is Cc1cccc(C)c1NC(=O)CNc1ccc(N2CCC(C)CC2)cc1. The Balaban J connectivity index is 1.52. The van der Waals surface area contributed by atoms with Gasteiger partial charge in [-0.25, -0.2) is 0 Å². The number of amides is 1. The molecule has 1 aliphatic heterocycles. The lowest BCUT2D eigenvalue weighted by atomic mass is 9.99. The maximum Gasteiger partial charge on any atom is 0.243 e. The third-order valence-electron chi connectivity index (χ3n) is 5.21. The predicted octanol–water partition coefficient (Wildman–Crippen LogP) is 4.59. The molecule has 0 saturated carbocycles. The van der Waals surface area contributed by atoms with Crippen LogP contribution in [0.4, 0.5) is 17.1 Å². The lowest BCUT2D eigenvalue weighted by Crippen LogP contribution is -2.32. The minimum atomic E-state index is -0.0310. The monoisotopic (exact) mass is 351 g/mol. The summed E-state index contributed by atoms with van der Waals surface area (Å²) in [6.45, 7) is 8.87. The van der Waals surface area contributed by atoms with Crippen molar-refractivity contribution in [2.75, 3.05) is 35.2 Å². The normalized spacial score (nSPS) is 15.0. The average molecular weight is 351 g/mol. The quantitative estimate of drug-likeness (QED) is 0.828. The molecule has 0 spiro atoms. The van der Waals surface area contributed by atoms with Crippen molar-refractivity contribution in [3.8, 4) is 0 Å². The van der Waals surface area contributed by atoms with Gasteiger partial charge in [-0.3, -0.25) is 4.79 Å². The molecular weight excluding hydrogens is 322 g/mol. The number of aryl methyl sites for hydroxylation is 2. The number of para-hydroxylation sites is 1. The Morgan fingerprint density at radius 2 is 1.65 bits per heavy atom. The molecule has 2 N–H and O–H groups in total. The molecule has 0 radical (unpaired) electrons. The second-order valence-electron chi connectivity index (χ2n) is 7.38. The van der Waals surface area contributed by atoms with Gasteiger partial charge in [0.05, 0.1) is 6.54 Å². The van der Waals surface area contributed by atoms with Crippen LogP contribution < -0.4 is 15.5 Å². The highest BCUT2D eigenvalue weighted by Gasteiger charge is 2.15. The topological polar surface area (TPSA) is 44.4 Å². The molecule has 2 aromatic rings. The van der Waals surface area contributed by atoms with Crippen molar-refractivity contribution in [2.45, 2.75) is 33.6 Å². The van der Waals surface area contributed by atoms with Crippen molar-refractivity contribution >= 4 is 23.0 Å². The highest BCUT2D eigenvalue weighted by atomic mass is 16.1. The highest BCUT2D eigenvalue weighted by Crippen LogP contribution is 2.24. The Morgan fingerprint density at radius 3 is 2.27 bits per heavy atom. The third-order valence-corrected chi connectivity index (χ3v) is 5.21. The van der Waals surface area contributed by atoms with Crippen molar-refractivity contribution in [1.82, 2.24) is 0 Å². The molecular formula is C22H29N3O. The number of nitrogens with zero attached hydrogens (tertiary/aromatic N) is 1. The minimum absolute atomic E-state index is 0.0310. The number of benzene rings is 2. The van der Waals surface area contributed by atoms with E-state index in [0.29, 0.717) is 0 Å². The van der Waals surface area contributed by atoms with E-state index in [0.717, 1.165) is 41.5 Å². The van der Waals surface area contributed by atoms with Gasteiger partial charge in [0.15, 0.2) is 0 Å². The van der Waals surface area contributed by atoms with Crippen LogP contribution in [-0.4, -0.2) is 25.5 Å². The molecule has 0 aromatic heterocycles. The van der Waals surface area contributed by atoms with E-state index in [9.17, 15) is 4.79 Å². The summed E-state index contributed by atoms with van der Waals surface area (Å²) in [7, 11) is 0. The second-order valence-corrected chi connectivity index (χ2v) is 7.38. The average Bonchev–Trinajstić information content (AvgIpc) is 2.64. The number of rotatable bonds is 5. The molecule has 26 heavy (non-hydrogen) atoms. The van der Waals surface area contributed by atoms with E-state index in [1.807, 2.05) is 32.0 Å². The Morgan fingerprint density at radius 1 is 1.04 bits per heavy atom. The molecule has 1 heterocycles. The fraction of sp³-hybridized carbons (Fsp3) is 0.409. The van der Waals surface area contributed by atoms with Crippen LogP contribution in [0.15, 0.2) is 42.5 Å². The highest BCUT2D eigenvalue weighted by molar-refractivity contribution is 5.95. The molecule has 2 aromatic carbocycles. The summed E-state index contributed by atoms with van der Waals surface area (Å²) in [5.74, 6) is 0.805. The van der Waals surface area contributed by atoms with E-state index < -0.39 is 0 Å². The first kappa shape index (κ1) is 18.3. The van der Waals surface area contributed by atoms with Crippen molar-refractivity contribution < 1.29 is 4.79 Å². The molecule has 4 nitrogen and oxygen atoms in total. The molecule has 0 bridgehead atoms. The summed E-state index contributed by atoms with van der Waals surface area (Å²) in [4.78, 5) is 14.7. The van der Waals surface area contributed by atoms with Crippen LogP contribution in [0.1, 0.15) is 30.9 Å². The fourth-order valence-electron chi connectivity index (χ4n) is 3.43. The van der Waals surface area contributed by atoms with Gasteiger partial charge in [-0.2, -0.15) is 0 Å². The Hall–Kier alpha value is -2.49. The van der Waals surface area contributed by atoms with E-state index in [1.54, 1.807) is 0 Å². The van der Waals surface area contributed by atoms with E-state index in [1.165, 1.54) is 18.5 Å². The van der Waals surface area contributed by atoms with Gasteiger partial charge in [0.25, 0.3) is 0 Å². The fourth-order valence-corrected chi connectivity index (χ4v) is 3.43. The van der Waals surface area contributed by atoms with Crippen LogP contribution >= 0.6 is 0 Å². The summed E-state index contributed by atoms with van der Waals surface area (Å²) in [6.07, 6.45) is 2.52. The summed E-state index contributed by atoms with van der Waals surface area (Å²) in [6, 6.07) is 14.4. The zero-order chi connectivity index (χ0) is 18.5. The molecule has 0 aliphatic carbocycles. The van der Waals surface area contributed by atoms with Crippen molar-refractivity contribution in [1.29, 1.82) is 0 Å². The summed E-state index contributed by atoms with van der Waals surface area (Å²) in [5.41, 5.74) is 5.31. The van der Waals surface area contributed by atoms with Crippen molar-refractivity contribution in [3.05, 3.63) is 53.6 Å². The number of carbonyl (C=O) groups excluding carboxylic acids is 1. The lowest BCUT2D eigenvalue weighted by molar-refractivity contribution is -0.114. The van der Waals surface area contributed by atoms with Crippen LogP contribution in [0.25, 0.3) is 0 Å². The molecule has 4 heteroatoms. The number of carbonyl (C=O) groups is 1. The number of anilines is 3. The van der Waals surface area contributed by atoms with Crippen LogP contribution in [0.5, 0.6) is 0 Å². The van der Waals surface area contributed by atoms with Gasteiger partial charge in [-0.05, 0) is 68.0 Å². The minimum Gasteiger partial charge on any atom is -0.376 e. The van der Waals surface area contributed by atoms with E-state index in [-0.39, 0.29) is 12.5 Å². The second kappa shape index (κ2) is 8.26. The number of hydrogen-bond donors (Lipinski definition) is 2. The smallest absolute Gasteiger partial charge is 0.243 e. The first-order chi connectivity index (χ1) is 12.5. The van der Waals surface area contributed by atoms with Crippen LogP contribution in [0.2, 0.25) is 0 Å². The molecule has 138 valence electrons. The molecule has 1 aliphatic rings. The van der Waals surface area contributed by atoms with Gasteiger partial charge in [0, 0.05) is 30.2 Å². The molecule has 3 rings (SSSR count). The Labute approximate surface area is 156 Å². The van der Waals surface area contributed by atoms with E-state index >= 15 is 0 Å². The molecule has 0 atom stereocenters. The Bertz CT molecular complexity index is 726. The predicted molar refractivity (Wildman–Crippen MR) is 110 cm³/mol. The van der Waals surface area contributed by atoms with Crippen molar-refractivity contribution in [3.63, 3.8) is 0 Å². The first-order valence-corrected chi connectivity index (χ1v) is 9.48. The zero-order valence-electron chi connectivity index (χ0n) is 16.0. The van der Waals surface area contributed by atoms with Crippen LogP contribution in [0.3, 0.4) is 0 Å². The zero-order valence-corrected chi connectivity index (χ0v) is 16.0. The lowest BCUT2D eigenvalue weighted by Gasteiger charge is -2.32. The van der Waals surface area contributed by atoms with E-state index in [4.69, 9.17) is 0 Å². The van der Waals surface area contributed by atoms with Gasteiger partial charge >= 0.3 is 0 Å². The Kier molecular flexibility index (Phi) is 5.82. The van der Waals surface area contributed by atoms with Gasteiger partial charge in [-0.15, -0.1) is 0 Å². The summed E-state index contributed by atoms with van der Waals surface area (Å²) >= 11 is 0. The van der Waals surface area contributed by atoms with Gasteiger partial charge < -0.3 is 15.5 Å². The van der Waals surface area contributed by atoms with E-state index in [2.05, 4.69) is 46.7 Å². The number of nitrogens with one attached hydrogen (secondary N) is 2. The summed E-state index contributed by atoms with van der Waals surface area (Å²) < 4.78 is 0. The third kappa shape index (κ3) is 4.57. The standard InChI is InChI=1S/C22H29N3O/c1-16-11-13-25(14-12-16)20-9-7-19(8-10-20)23-15-21(26)24-22-17(2)5-4-6-18(22)3/h4-10,16,23H,11-15H2,1-3H3,(H,24,26). The maximum absolute atomic E-state index is 12.3. The molecule has 1 amide bonds. The number of hydrogen-bond acceptors (Lipinski definition) is 3. The van der Waals surface area contributed by atoms with Gasteiger partial charge in [-0.1, -0.05) is 25.1 Å².